The minimum atomic E-state index is -0.846. The first-order valence-corrected chi connectivity index (χ1v) is 10.9. The third-order valence-corrected chi connectivity index (χ3v) is 6.09. The molecule has 3 aromatic carbocycles. The number of hydrogen-bond acceptors (Lipinski definition) is 3. The van der Waals surface area contributed by atoms with Crippen LogP contribution in [0.3, 0.4) is 0 Å². The number of hydrogen-bond donors (Lipinski definition) is 1. The molecular formula is C27H28O4. The first kappa shape index (κ1) is 21.0. The summed E-state index contributed by atoms with van der Waals surface area (Å²) in [5.41, 5.74) is 2.07. The van der Waals surface area contributed by atoms with Crippen LogP contribution in [0.2, 0.25) is 0 Å². The predicted molar refractivity (Wildman–Crippen MR) is 120 cm³/mol. The van der Waals surface area contributed by atoms with Crippen molar-refractivity contribution in [3.63, 3.8) is 0 Å². The first-order valence-electron chi connectivity index (χ1n) is 10.9. The lowest BCUT2D eigenvalue weighted by molar-refractivity contribution is -0.145. The molecule has 1 saturated carbocycles. The van der Waals surface area contributed by atoms with E-state index in [9.17, 15) is 9.90 Å². The molecule has 0 radical (unpaired) electrons. The molecule has 0 atom stereocenters. The lowest BCUT2D eigenvalue weighted by Gasteiger charge is -2.34. The zero-order valence-electron chi connectivity index (χ0n) is 17.6. The highest BCUT2D eigenvalue weighted by molar-refractivity contribution is 5.82. The highest BCUT2D eigenvalue weighted by Crippen LogP contribution is 2.43. The number of carbonyl (C=O) groups is 1. The van der Waals surface area contributed by atoms with E-state index in [-0.39, 0.29) is 0 Å². The lowest BCUT2D eigenvalue weighted by atomic mass is 9.69. The van der Waals surface area contributed by atoms with Gasteiger partial charge in [0, 0.05) is 0 Å². The monoisotopic (exact) mass is 416 g/mol. The van der Waals surface area contributed by atoms with Crippen LogP contribution in [-0.4, -0.2) is 11.1 Å². The van der Waals surface area contributed by atoms with Gasteiger partial charge < -0.3 is 14.6 Å². The fourth-order valence-corrected chi connectivity index (χ4v) is 4.29. The fraction of sp³-hybridized carbons (Fsp3) is 0.296. The predicted octanol–water partition coefficient (Wildman–Crippen LogP) is 6.13. The van der Waals surface area contributed by atoms with Crippen molar-refractivity contribution in [1.82, 2.24) is 0 Å². The second kappa shape index (κ2) is 9.69. The third-order valence-electron chi connectivity index (χ3n) is 6.09. The second-order valence-corrected chi connectivity index (χ2v) is 8.16. The lowest BCUT2D eigenvalue weighted by Crippen LogP contribution is -2.37. The molecule has 0 unspecified atom stereocenters. The van der Waals surface area contributed by atoms with Gasteiger partial charge in [-0.25, -0.2) is 0 Å². The molecule has 4 nitrogen and oxygen atoms in total. The van der Waals surface area contributed by atoms with Crippen molar-refractivity contribution in [2.75, 3.05) is 0 Å². The molecule has 4 heteroatoms. The Hall–Kier alpha value is -3.27. The summed E-state index contributed by atoms with van der Waals surface area (Å²) in [6, 6.07) is 25.5. The number of carboxylic acid groups (broad SMARTS) is 1. The van der Waals surface area contributed by atoms with Crippen molar-refractivity contribution in [2.24, 2.45) is 0 Å². The quantitative estimate of drug-likeness (QED) is 0.480. The van der Waals surface area contributed by atoms with Gasteiger partial charge in [0.05, 0.1) is 5.41 Å². The van der Waals surface area contributed by atoms with Crippen LogP contribution in [0.15, 0.2) is 78.9 Å². The molecule has 0 aliphatic heterocycles. The fourth-order valence-electron chi connectivity index (χ4n) is 4.29. The SMILES string of the molecule is O=C(O)C1(c2ccc(OCc3ccccc3)c(OCc3ccccc3)c2)CCCCC1. The number of rotatable bonds is 8. The largest absolute Gasteiger partial charge is 0.485 e. The number of ether oxygens (including phenoxy) is 2. The average molecular weight is 417 g/mol. The Balaban J connectivity index is 1.62. The van der Waals surface area contributed by atoms with Gasteiger partial charge in [-0.3, -0.25) is 4.79 Å². The average Bonchev–Trinajstić information content (AvgIpc) is 2.83. The van der Waals surface area contributed by atoms with E-state index in [4.69, 9.17) is 9.47 Å². The summed E-state index contributed by atoms with van der Waals surface area (Å²) in [4.78, 5) is 12.3. The van der Waals surface area contributed by atoms with Crippen LogP contribution in [0.1, 0.15) is 48.8 Å². The van der Waals surface area contributed by atoms with Crippen molar-refractivity contribution >= 4 is 5.97 Å². The zero-order valence-corrected chi connectivity index (χ0v) is 17.6. The molecule has 1 aliphatic carbocycles. The molecule has 0 heterocycles. The summed E-state index contributed by atoms with van der Waals surface area (Å²) < 4.78 is 12.2. The molecule has 0 spiro atoms. The maximum absolute atomic E-state index is 12.3. The number of aliphatic carboxylic acids is 1. The molecule has 0 bridgehead atoms. The van der Waals surface area contributed by atoms with Crippen LogP contribution in [0.4, 0.5) is 0 Å². The second-order valence-electron chi connectivity index (χ2n) is 8.16. The minimum Gasteiger partial charge on any atom is -0.485 e. The molecule has 1 N–H and O–H groups in total. The van der Waals surface area contributed by atoms with Crippen LogP contribution in [-0.2, 0) is 23.4 Å². The Bertz CT molecular complexity index is 992. The summed E-state index contributed by atoms with van der Waals surface area (Å²) in [7, 11) is 0. The molecule has 0 amide bonds. The van der Waals surface area contributed by atoms with Gasteiger partial charge in [0.15, 0.2) is 11.5 Å². The Morgan fingerprint density at radius 3 is 1.84 bits per heavy atom. The van der Waals surface area contributed by atoms with Crippen LogP contribution in [0, 0.1) is 0 Å². The Labute approximate surface area is 183 Å². The van der Waals surface area contributed by atoms with Crippen LogP contribution in [0.5, 0.6) is 11.5 Å². The van der Waals surface area contributed by atoms with E-state index < -0.39 is 11.4 Å². The zero-order chi connectivity index (χ0) is 21.5. The van der Waals surface area contributed by atoms with Gasteiger partial charge in [0.2, 0.25) is 0 Å². The maximum atomic E-state index is 12.3. The smallest absolute Gasteiger partial charge is 0.314 e. The normalized spacial score (nSPS) is 15.2. The molecule has 0 saturated heterocycles. The highest BCUT2D eigenvalue weighted by atomic mass is 16.5. The van der Waals surface area contributed by atoms with E-state index in [1.165, 1.54) is 0 Å². The van der Waals surface area contributed by atoms with Crippen molar-refractivity contribution in [1.29, 1.82) is 0 Å². The number of carboxylic acids is 1. The van der Waals surface area contributed by atoms with E-state index in [2.05, 4.69) is 0 Å². The number of benzene rings is 3. The Morgan fingerprint density at radius 1 is 0.742 bits per heavy atom. The maximum Gasteiger partial charge on any atom is 0.314 e. The summed E-state index contributed by atoms with van der Waals surface area (Å²) in [6.45, 7) is 0.817. The van der Waals surface area contributed by atoms with Crippen molar-refractivity contribution in [3.05, 3.63) is 95.6 Å². The van der Waals surface area contributed by atoms with Crippen LogP contribution < -0.4 is 9.47 Å². The Morgan fingerprint density at radius 2 is 1.29 bits per heavy atom. The molecule has 160 valence electrons. The van der Waals surface area contributed by atoms with Crippen LogP contribution in [0.25, 0.3) is 0 Å². The molecule has 0 aromatic heterocycles. The van der Waals surface area contributed by atoms with E-state index in [1.54, 1.807) is 0 Å². The van der Waals surface area contributed by atoms with Gasteiger partial charge in [-0.1, -0.05) is 86.0 Å². The van der Waals surface area contributed by atoms with Gasteiger partial charge in [-0.05, 0) is 41.7 Å². The van der Waals surface area contributed by atoms with E-state index in [0.717, 1.165) is 36.0 Å². The van der Waals surface area contributed by atoms with Gasteiger partial charge in [0.25, 0.3) is 0 Å². The van der Waals surface area contributed by atoms with Crippen molar-refractivity contribution < 1.29 is 19.4 Å². The van der Waals surface area contributed by atoms with E-state index in [0.29, 0.717) is 37.6 Å². The molecule has 4 rings (SSSR count). The van der Waals surface area contributed by atoms with E-state index in [1.807, 2.05) is 78.9 Å². The third kappa shape index (κ3) is 4.91. The molecule has 1 fully saturated rings. The first-order chi connectivity index (χ1) is 15.2. The molecular weight excluding hydrogens is 388 g/mol. The summed E-state index contributed by atoms with van der Waals surface area (Å²) in [5, 5.41) is 10.1. The van der Waals surface area contributed by atoms with Crippen molar-refractivity contribution in [3.8, 4) is 11.5 Å². The van der Waals surface area contributed by atoms with Gasteiger partial charge >= 0.3 is 5.97 Å². The molecule has 1 aliphatic rings. The molecule has 3 aromatic rings. The van der Waals surface area contributed by atoms with Gasteiger partial charge in [-0.2, -0.15) is 0 Å². The van der Waals surface area contributed by atoms with E-state index >= 15 is 0 Å². The van der Waals surface area contributed by atoms with Crippen LogP contribution >= 0.6 is 0 Å². The summed E-state index contributed by atoms with van der Waals surface area (Å²) >= 11 is 0. The Kier molecular flexibility index (Phi) is 6.56. The van der Waals surface area contributed by atoms with Crippen molar-refractivity contribution in [2.45, 2.75) is 50.7 Å². The topological polar surface area (TPSA) is 55.8 Å². The standard InChI is InChI=1S/C27H28O4/c28-26(29)27(16-8-3-9-17-27)23-14-15-24(30-19-21-10-4-1-5-11-21)25(18-23)31-20-22-12-6-2-7-13-22/h1-2,4-7,10-15,18H,3,8-9,16-17,19-20H2,(H,28,29). The summed E-state index contributed by atoms with van der Waals surface area (Å²) in [6.07, 6.45) is 4.26. The summed E-state index contributed by atoms with van der Waals surface area (Å²) in [5.74, 6) is 0.461. The van der Waals surface area contributed by atoms with Gasteiger partial charge in [0.1, 0.15) is 13.2 Å². The highest BCUT2D eigenvalue weighted by Gasteiger charge is 2.41. The van der Waals surface area contributed by atoms with Gasteiger partial charge in [-0.15, -0.1) is 0 Å². The minimum absolute atomic E-state index is 0.395. The molecule has 31 heavy (non-hydrogen) atoms.